The average molecular weight is 284 g/mol. The van der Waals surface area contributed by atoms with Gasteiger partial charge in [-0.1, -0.05) is 20.8 Å². The molecule has 5 heteroatoms. The van der Waals surface area contributed by atoms with Crippen molar-refractivity contribution in [2.45, 2.75) is 33.2 Å². The number of halogens is 2. The summed E-state index contributed by atoms with van der Waals surface area (Å²) in [7, 11) is 0. The number of aromatic nitrogens is 2. The number of rotatable bonds is 4. The molecule has 0 aliphatic rings. The van der Waals surface area contributed by atoms with Gasteiger partial charge in [-0.15, -0.1) is 11.6 Å². The minimum Gasteiger partial charge on any atom is -0.352 e. The van der Waals surface area contributed by atoms with Gasteiger partial charge < -0.3 is 10.3 Å². The monoisotopic (exact) mass is 283 g/mol. The summed E-state index contributed by atoms with van der Waals surface area (Å²) in [6.07, 6.45) is 0.844. The number of nitrogens with zero attached hydrogens (tertiary/aromatic N) is 1. The van der Waals surface area contributed by atoms with Gasteiger partial charge in [-0.3, -0.25) is 0 Å². The summed E-state index contributed by atoms with van der Waals surface area (Å²) in [6.45, 7) is 6.46. The molecule has 0 aliphatic carbocycles. The highest BCUT2D eigenvalue weighted by atomic mass is 35.5. The van der Waals surface area contributed by atoms with Crippen molar-refractivity contribution in [2.24, 2.45) is 5.41 Å². The predicted molar refractivity (Wildman–Crippen MR) is 78.3 cm³/mol. The number of imidazole rings is 1. The SMILES string of the molecule is CC(C)(C)C(CCCl)Nc1nc2ccc(F)cc2[nH]1. The van der Waals surface area contributed by atoms with E-state index in [4.69, 9.17) is 11.6 Å². The second-order valence-electron chi connectivity index (χ2n) is 5.79. The quantitative estimate of drug-likeness (QED) is 0.827. The Morgan fingerprint density at radius 2 is 2.16 bits per heavy atom. The largest absolute Gasteiger partial charge is 0.352 e. The zero-order valence-electron chi connectivity index (χ0n) is 11.4. The number of hydrogen-bond acceptors (Lipinski definition) is 2. The molecule has 1 unspecified atom stereocenters. The highest BCUT2D eigenvalue weighted by Crippen LogP contribution is 2.26. The first-order valence-corrected chi connectivity index (χ1v) is 6.91. The van der Waals surface area contributed by atoms with Crippen molar-refractivity contribution in [2.75, 3.05) is 11.2 Å². The Morgan fingerprint density at radius 3 is 2.79 bits per heavy atom. The van der Waals surface area contributed by atoms with E-state index in [1.54, 1.807) is 6.07 Å². The molecular formula is C14H19ClFN3. The van der Waals surface area contributed by atoms with Gasteiger partial charge in [-0.2, -0.15) is 0 Å². The van der Waals surface area contributed by atoms with E-state index < -0.39 is 0 Å². The van der Waals surface area contributed by atoms with Crippen molar-refractivity contribution in [3.63, 3.8) is 0 Å². The summed E-state index contributed by atoms with van der Waals surface area (Å²) < 4.78 is 13.1. The van der Waals surface area contributed by atoms with Crippen molar-refractivity contribution in [3.05, 3.63) is 24.0 Å². The lowest BCUT2D eigenvalue weighted by Gasteiger charge is -2.30. The summed E-state index contributed by atoms with van der Waals surface area (Å²) in [5.74, 6) is 0.977. The van der Waals surface area contributed by atoms with Crippen LogP contribution in [0.2, 0.25) is 0 Å². The van der Waals surface area contributed by atoms with Crippen LogP contribution in [0.1, 0.15) is 27.2 Å². The molecule has 2 rings (SSSR count). The second-order valence-corrected chi connectivity index (χ2v) is 6.17. The summed E-state index contributed by atoms with van der Waals surface area (Å²) in [6, 6.07) is 4.73. The highest BCUT2D eigenvalue weighted by molar-refractivity contribution is 6.17. The summed E-state index contributed by atoms with van der Waals surface area (Å²) in [5, 5.41) is 3.36. The van der Waals surface area contributed by atoms with Crippen LogP contribution in [0.5, 0.6) is 0 Å². The van der Waals surface area contributed by atoms with Gasteiger partial charge in [0, 0.05) is 11.9 Å². The maximum absolute atomic E-state index is 13.1. The lowest BCUT2D eigenvalue weighted by molar-refractivity contribution is 0.333. The Bertz CT molecular complexity index is 559. The Labute approximate surface area is 117 Å². The van der Waals surface area contributed by atoms with Crippen molar-refractivity contribution in [1.82, 2.24) is 9.97 Å². The molecule has 0 fully saturated rings. The van der Waals surface area contributed by atoms with Gasteiger partial charge in [0.05, 0.1) is 11.0 Å². The van der Waals surface area contributed by atoms with E-state index in [1.165, 1.54) is 12.1 Å². The molecule has 0 saturated heterocycles. The first-order chi connectivity index (χ1) is 8.90. The summed E-state index contributed by atoms with van der Waals surface area (Å²) in [4.78, 5) is 7.51. The maximum atomic E-state index is 13.1. The molecule has 0 radical (unpaired) electrons. The predicted octanol–water partition coefficient (Wildman–Crippen LogP) is 4.16. The Hall–Kier alpha value is -1.29. The second kappa shape index (κ2) is 5.37. The van der Waals surface area contributed by atoms with Crippen molar-refractivity contribution in [3.8, 4) is 0 Å². The lowest BCUT2D eigenvalue weighted by atomic mass is 9.85. The van der Waals surface area contributed by atoms with Gasteiger partial charge in [-0.05, 0) is 30.0 Å². The van der Waals surface area contributed by atoms with Gasteiger partial charge in [0.15, 0.2) is 0 Å². The number of hydrogen-bond donors (Lipinski definition) is 2. The molecule has 2 N–H and O–H groups in total. The van der Waals surface area contributed by atoms with Gasteiger partial charge in [0.25, 0.3) is 0 Å². The third kappa shape index (κ3) is 3.38. The number of benzene rings is 1. The molecule has 19 heavy (non-hydrogen) atoms. The summed E-state index contributed by atoms with van der Waals surface area (Å²) >= 11 is 5.85. The molecule has 0 aliphatic heterocycles. The first-order valence-electron chi connectivity index (χ1n) is 6.38. The fourth-order valence-electron chi connectivity index (χ4n) is 2.05. The van der Waals surface area contributed by atoms with Crippen LogP contribution in [0.15, 0.2) is 18.2 Å². The smallest absolute Gasteiger partial charge is 0.201 e. The van der Waals surface area contributed by atoms with Crippen LogP contribution in [-0.2, 0) is 0 Å². The van der Waals surface area contributed by atoms with Crippen molar-refractivity contribution in [1.29, 1.82) is 0 Å². The number of anilines is 1. The van der Waals surface area contributed by atoms with E-state index in [-0.39, 0.29) is 17.3 Å². The minimum absolute atomic E-state index is 0.0686. The van der Waals surface area contributed by atoms with Crippen LogP contribution < -0.4 is 5.32 Å². The first kappa shape index (κ1) is 14.1. The molecule has 3 nitrogen and oxygen atoms in total. The molecule has 104 valence electrons. The number of nitrogens with one attached hydrogen (secondary N) is 2. The van der Waals surface area contributed by atoms with E-state index in [0.29, 0.717) is 17.3 Å². The van der Waals surface area contributed by atoms with E-state index in [1.807, 2.05) is 0 Å². The fourth-order valence-corrected chi connectivity index (χ4v) is 2.26. The molecule has 1 aromatic heterocycles. The molecule has 0 spiro atoms. The Balaban J connectivity index is 2.24. The fraction of sp³-hybridized carbons (Fsp3) is 0.500. The van der Waals surface area contributed by atoms with Crippen LogP contribution in [0.3, 0.4) is 0 Å². The average Bonchev–Trinajstić information content (AvgIpc) is 2.68. The highest BCUT2D eigenvalue weighted by Gasteiger charge is 2.24. The number of H-pyrrole nitrogens is 1. The molecule has 0 saturated carbocycles. The Kier molecular flexibility index (Phi) is 3.99. The number of fused-ring (bicyclic) bond motifs is 1. The zero-order valence-corrected chi connectivity index (χ0v) is 12.2. The van der Waals surface area contributed by atoms with Crippen LogP contribution in [0.25, 0.3) is 11.0 Å². The van der Waals surface area contributed by atoms with E-state index in [0.717, 1.165) is 11.9 Å². The van der Waals surface area contributed by atoms with Crippen LogP contribution in [0.4, 0.5) is 10.3 Å². The minimum atomic E-state index is -0.268. The van der Waals surface area contributed by atoms with Crippen molar-refractivity contribution >= 4 is 28.6 Å². The van der Waals surface area contributed by atoms with Crippen LogP contribution in [-0.4, -0.2) is 21.9 Å². The number of alkyl halides is 1. The third-order valence-corrected chi connectivity index (χ3v) is 3.42. The standard InChI is InChI=1S/C14H19ClFN3/c1-14(2,3)12(6-7-15)19-13-17-10-5-4-9(16)8-11(10)18-13/h4-5,8,12H,6-7H2,1-3H3,(H2,17,18,19). The molecular weight excluding hydrogens is 265 g/mol. The maximum Gasteiger partial charge on any atom is 0.201 e. The molecule has 1 heterocycles. The Morgan fingerprint density at radius 1 is 1.42 bits per heavy atom. The summed E-state index contributed by atoms with van der Waals surface area (Å²) in [5.41, 5.74) is 1.52. The lowest BCUT2D eigenvalue weighted by Crippen LogP contribution is -2.34. The van der Waals surface area contributed by atoms with Crippen molar-refractivity contribution < 1.29 is 4.39 Å². The van der Waals surface area contributed by atoms with Gasteiger partial charge in [-0.25, -0.2) is 9.37 Å². The van der Waals surface area contributed by atoms with E-state index >= 15 is 0 Å². The number of aromatic amines is 1. The molecule has 1 atom stereocenters. The van der Waals surface area contributed by atoms with Gasteiger partial charge >= 0.3 is 0 Å². The molecule has 1 aromatic carbocycles. The van der Waals surface area contributed by atoms with E-state index in [2.05, 4.69) is 36.1 Å². The normalized spacial score (nSPS) is 13.7. The van der Waals surface area contributed by atoms with Crippen LogP contribution in [0, 0.1) is 11.2 Å². The molecule has 2 aromatic rings. The topological polar surface area (TPSA) is 40.7 Å². The van der Waals surface area contributed by atoms with Gasteiger partial charge in [0.1, 0.15) is 5.82 Å². The molecule has 0 bridgehead atoms. The van der Waals surface area contributed by atoms with E-state index in [9.17, 15) is 4.39 Å². The molecule has 0 amide bonds. The zero-order chi connectivity index (χ0) is 14.0. The van der Waals surface area contributed by atoms with Crippen LogP contribution >= 0.6 is 11.6 Å². The van der Waals surface area contributed by atoms with Gasteiger partial charge in [0.2, 0.25) is 5.95 Å². The third-order valence-electron chi connectivity index (χ3n) is 3.20.